The van der Waals surface area contributed by atoms with Crippen molar-refractivity contribution in [3.8, 4) is 0 Å². The van der Waals surface area contributed by atoms with Crippen molar-refractivity contribution in [1.82, 2.24) is 0 Å². The van der Waals surface area contributed by atoms with Crippen molar-refractivity contribution in [2.45, 2.75) is 25.1 Å². The molecule has 7 heteroatoms. The van der Waals surface area contributed by atoms with Crippen LogP contribution in [0.15, 0.2) is 72.8 Å². The van der Waals surface area contributed by atoms with Crippen molar-refractivity contribution < 1.29 is 17.6 Å². The zero-order valence-corrected chi connectivity index (χ0v) is 17.0. The molecule has 30 heavy (non-hydrogen) atoms. The number of fused-ring (bicyclic) bond motifs is 1. The number of halogens is 1. The normalized spacial score (nSPS) is 13.8. The lowest BCUT2D eigenvalue weighted by atomic mass is 10.00. The molecule has 0 radical (unpaired) electrons. The number of carbonyl (C=O) groups is 1. The summed E-state index contributed by atoms with van der Waals surface area (Å²) in [5.74, 6) is -0.960. The van der Waals surface area contributed by atoms with Crippen molar-refractivity contribution in [3.63, 3.8) is 0 Å². The van der Waals surface area contributed by atoms with Crippen LogP contribution in [-0.4, -0.2) is 14.3 Å². The molecule has 1 aliphatic rings. The van der Waals surface area contributed by atoms with Gasteiger partial charge in [0.2, 0.25) is 15.9 Å². The minimum absolute atomic E-state index is 0.0410. The highest BCUT2D eigenvalue weighted by atomic mass is 32.2. The van der Waals surface area contributed by atoms with Gasteiger partial charge in [-0.15, -0.1) is 0 Å². The smallest absolute Gasteiger partial charge is 0.237 e. The summed E-state index contributed by atoms with van der Waals surface area (Å²) in [5, 5.41) is 0. The van der Waals surface area contributed by atoms with E-state index in [2.05, 4.69) is 4.72 Å². The van der Waals surface area contributed by atoms with Gasteiger partial charge in [0.15, 0.2) is 0 Å². The van der Waals surface area contributed by atoms with Crippen LogP contribution in [0.3, 0.4) is 0 Å². The Hall–Kier alpha value is -3.19. The lowest BCUT2D eigenvalue weighted by molar-refractivity contribution is -0.119. The van der Waals surface area contributed by atoms with E-state index in [1.54, 1.807) is 29.2 Å². The summed E-state index contributed by atoms with van der Waals surface area (Å²) < 4.78 is 41.3. The third-order valence-corrected chi connectivity index (χ3v) is 6.28. The van der Waals surface area contributed by atoms with Crippen LogP contribution in [0, 0.1) is 5.82 Å². The van der Waals surface area contributed by atoms with Crippen molar-refractivity contribution in [3.05, 3.63) is 95.3 Å². The molecule has 1 aliphatic heterocycles. The first kappa shape index (κ1) is 20.1. The maximum atomic E-state index is 13.8. The molecule has 5 nitrogen and oxygen atoms in total. The molecule has 4 rings (SSSR count). The molecule has 0 bridgehead atoms. The number of hydrogen-bond acceptors (Lipinski definition) is 3. The van der Waals surface area contributed by atoms with E-state index in [0.29, 0.717) is 25.1 Å². The highest BCUT2D eigenvalue weighted by Crippen LogP contribution is 2.32. The minimum Gasteiger partial charge on any atom is -0.308 e. The summed E-state index contributed by atoms with van der Waals surface area (Å²) >= 11 is 0. The molecule has 0 saturated carbocycles. The van der Waals surface area contributed by atoms with Gasteiger partial charge in [-0.1, -0.05) is 48.5 Å². The zero-order chi connectivity index (χ0) is 21.1. The van der Waals surface area contributed by atoms with Gasteiger partial charge < -0.3 is 4.90 Å². The molecule has 1 amide bonds. The van der Waals surface area contributed by atoms with Gasteiger partial charge in [-0.3, -0.25) is 9.52 Å². The number of nitrogens with zero attached hydrogens (tertiary/aromatic N) is 1. The SMILES string of the molecule is O=C1CCc2cc(NS(=O)(=O)Cc3ccccc3F)ccc2N1Cc1ccccc1. The second-order valence-electron chi connectivity index (χ2n) is 7.26. The molecular formula is C23H21FN2O3S. The number of sulfonamides is 1. The van der Waals surface area contributed by atoms with E-state index >= 15 is 0 Å². The average Bonchev–Trinajstić information content (AvgIpc) is 2.72. The van der Waals surface area contributed by atoms with Gasteiger partial charge in [0.05, 0.1) is 12.3 Å². The number of benzene rings is 3. The van der Waals surface area contributed by atoms with Crippen LogP contribution in [0.4, 0.5) is 15.8 Å². The Bertz CT molecular complexity index is 1180. The molecule has 1 N–H and O–H groups in total. The first-order valence-corrected chi connectivity index (χ1v) is 11.3. The highest BCUT2D eigenvalue weighted by Gasteiger charge is 2.25. The van der Waals surface area contributed by atoms with E-state index in [0.717, 1.165) is 16.8 Å². The predicted molar refractivity (Wildman–Crippen MR) is 115 cm³/mol. The molecule has 154 valence electrons. The predicted octanol–water partition coefficient (Wildman–Crippen LogP) is 4.25. The number of nitrogens with one attached hydrogen (secondary N) is 1. The van der Waals surface area contributed by atoms with Gasteiger partial charge >= 0.3 is 0 Å². The van der Waals surface area contributed by atoms with Crippen molar-refractivity contribution in [2.75, 3.05) is 9.62 Å². The first-order valence-electron chi connectivity index (χ1n) is 9.62. The lowest BCUT2D eigenvalue weighted by Crippen LogP contribution is -2.34. The van der Waals surface area contributed by atoms with Crippen LogP contribution < -0.4 is 9.62 Å². The largest absolute Gasteiger partial charge is 0.308 e. The fourth-order valence-corrected chi connectivity index (χ4v) is 4.80. The number of aryl methyl sites for hydroxylation is 1. The maximum absolute atomic E-state index is 13.8. The number of carbonyl (C=O) groups excluding carboxylic acids is 1. The molecule has 0 fully saturated rings. The second-order valence-corrected chi connectivity index (χ2v) is 8.98. The molecule has 3 aromatic carbocycles. The maximum Gasteiger partial charge on any atom is 0.237 e. The molecule has 0 saturated heterocycles. The zero-order valence-electron chi connectivity index (χ0n) is 16.2. The Labute approximate surface area is 175 Å². The van der Waals surface area contributed by atoms with Crippen LogP contribution in [0.25, 0.3) is 0 Å². The summed E-state index contributed by atoms with van der Waals surface area (Å²) in [6.45, 7) is 0.463. The Balaban J connectivity index is 1.55. The molecule has 0 aromatic heterocycles. The van der Waals surface area contributed by atoms with Gasteiger partial charge in [-0.2, -0.15) is 0 Å². The third kappa shape index (κ3) is 4.52. The van der Waals surface area contributed by atoms with Gasteiger partial charge in [0, 0.05) is 23.4 Å². The van der Waals surface area contributed by atoms with E-state index in [-0.39, 0.29) is 11.5 Å². The van der Waals surface area contributed by atoms with Crippen LogP contribution in [0.1, 0.15) is 23.1 Å². The summed E-state index contributed by atoms with van der Waals surface area (Å²) in [6.07, 6.45) is 0.910. The summed E-state index contributed by atoms with van der Waals surface area (Å²) in [6, 6.07) is 20.7. The molecule has 0 unspecified atom stereocenters. The summed E-state index contributed by atoms with van der Waals surface area (Å²) in [5.41, 5.74) is 3.22. The fourth-order valence-electron chi connectivity index (χ4n) is 3.60. The van der Waals surface area contributed by atoms with E-state index < -0.39 is 21.6 Å². The van der Waals surface area contributed by atoms with Crippen LogP contribution >= 0.6 is 0 Å². The highest BCUT2D eigenvalue weighted by molar-refractivity contribution is 7.91. The van der Waals surface area contributed by atoms with E-state index in [4.69, 9.17) is 0 Å². The topological polar surface area (TPSA) is 66.5 Å². The van der Waals surface area contributed by atoms with Crippen molar-refractivity contribution >= 4 is 27.3 Å². The van der Waals surface area contributed by atoms with Gasteiger partial charge in [-0.25, -0.2) is 12.8 Å². The van der Waals surface area contributed by atoms with E-state index in [1.165, 1.54) is 18.2 Å². The molecule has 1 heterocycles. The number of rotatable bonds is 6. The fraction of sp³-hybridized carbons (Fsp3) is 0.174. The van der Waals surface area contributed by atoms with E-state index in [9.17, 15) is 17.6 Å². The van der Waals surface area contributed by atoms with Crippen LogP contribution in [-0.2, 0) is 33.5 Å². The molecule has 0 aliphatic carbocycles. The Kier molecular flexibility index (Phi) is 5.55. The third-order valence-electron chi connectivity index (χ3n) is 5.04. The Morgan fingerprint density at radius 3 is 2.43 bits per heavy atom. The Morgan fingerprint density at radius 2 is 1.67 bits per heavy atom. The number of anilines is 2. The quantitative estimate of drug-likeness (QED) is 0.643. The van der Waals surface area contributed by atoms with E-state index in [1.807, 2.05) is 30.3 Å². The van der Waals surface area contributed by atoms with Crippen LogP contribution in [0.5, 0.6) is 0 Å². The van der Waals surface area contributed by atoms with Crippen molar-refractivity contribution in [1.29, 1.82) is 0 Å². The van der Waals surface area contributed by atoms with Gasteiger partial charge in [-0.05, 0) is 41.8 Å². The minimum atomic E-state index is -3.78. The number of amides is 1. The average molecular weight is 424 g/mol. The molecule has 0 atom stereocenters. The summed E-state index contributed by atoms with van der Waals surface area (Å²) in [4.78, 5) is 14.2. The molecule has 3 aromatic rings. The standard InChI is InChI=1S/C23H21FN2O3S/c24-21-9-5-4-8-19(21)16-30(28,29)25-20-11-12-22-18(14-20)10-13-23(27)26(22)15-17-6-2-1-3-7-17/h1-9,11-12,14,25H,10,13,15-16H2. The number of hydrogen-bond donors (Lipinski definition) is 1. The monoisotopic (exact) mass is 424 g/mol. The first-order chi connectivity index (χ1) is 14.4. The Morgan fingerprint density at radius 1 is 0.933 bits per heavy atom. The second kappa shape index (κ2) is 8.28. The molecule has 0 spiro atoms. The van der Waals surface area contributed by atoms with Gasteiger partial charge in [0.25, 0.3) is 0 Å². The van der Waals surface area contributed by atoms with Crippen LogP contribution in [0.2, 0.25) is 0 Å². The van der Waals surface area contributed by atoms with Gasteiger partial charge in [0.1, 0.15) is 5.82 Å². The van der Waals surface area contributed by atoms with Crippen molar-refractivity contribution in [2.24, 2.45) is 0 Å². The summed E-state index contributed by atoms with van der Waals surface area (Å²) in [7, 11) is -3.78. The molecular weight excluding hydrogens is 403 g/mol. The lowest BCUT2D eigenvalue weighted by Gasteiger charge is -2.30.